The largest absolute Gasteiger partial charge is 0.362 e. The molecule has 0 unspecified atom stereocenters. The molecule has 1 aromatic heterocycles. The van der Waals surface area contributed by atoms with Crippen LogP contribution in [0.25, 0.3) is 10.9 Å². The molecule has 1 heterocycles. The van der Waals surface area contributed by atoms with Gasteiger partial charge in [0.1, 0.15) is 5.82 Å². The van der Waals surface area contributed by atoms with E-state index in [2.05, 4.69) is 41.0 Å². The number of fused-ring (bicyclic) bond motifs is 1. The van der Waals surface area contributed by atoms with Crippen LogP contribution in [0, 0.1) is 11.8 Å². The molecule has 0 radical (unpaired) electrons. The van der Waals surface area contributed by atoms with Crippen molar-refractivity contribution in [2.24, 2.45) is 11.8 Å². The number of ketones is 1. The Bertz CT molecular complexity index is 1550. The summed E-state index contributed by atoms with van der Waals surface area (Å²) < 4.78 is 0. The van der Waals surface area contributed by atoms with Crippen LogP contribution in [0.2, 0.25) is 0 Å². The molecule has 3 atom stereocenters. The van der Waals surface area contributed by atoms with E-state index in [-0.39, 0.29) is 41.5 Å². The summed E-state index contributed by atoms with van der Waals surface area (Å²) in [6.45, 7) is 0. The van der Waals surface area contributed by atoms with Gasteiger partial charge in [-0.15, -0.1) is 0 Å². The Balaban J connectivity index is 1.11. The van der Waals surface area contributed by atoms with E-state index in [1.54, 1.807) is 0 Å². The topological polar surface area (TPSA) is 87.2 Å². The normalized spacial score (nSPS) is 23.8. The van der Waals surface area contributed by atoms with E-state index in [0.29, 0.717) is 17.9 Å². The van der Waals surface area contributed by atoms with Gasteiger partial charge in [-0.05, 0) is 68.6 Å². The molecule has 2 saturated carbocycles. The van der Waals surface area contributed by atoms with Crippen LogP contribution in [-0.2, 0) is 4.79 Å². The Morgan fingerprint density at radius 2 is 1.37 bits per heavy atom. The number of carbonyl (C=O) groups is 2. The standard InChI is InChI=1S/C36H41N5O2/c1-41(2)34-30-15-9-10-16-32(30)39-36(40-34)38-28-20-18-27(19-21-28)37-35(43)31-23-26(24-11-5-3-6-12-24)17-22-29(31)33(42)25-13-7-4-8-14-25/h3-16,26-29,31H,17-23H2,1-2H3,(H,37,43)(H,38,39,40)/t26-,27?,28?,29+,31+/m0/s1. The fraction of sp³-hybridized carbons (Fsp3) is 0.389. The molecule has 2 N–H and O–H groups in total. The molecule has 0 bridgehead atoms. The lowest BCUT2D eigenvalue weighted by atomic mass is 9.69. The number of aromatic nitrogens is 2. The number of anilines is 2. The highest BCUT2D eigenvalue weighted by molar-refractivity contribution is 6.00. The first-order valence-electron chi connectivity index (χ1n) is 15.6. The lowest BCUT2D eigenvalue weighted by Crippen LogP contribution is -2.47. The average Bonchev–Trinajstić information content (AvgIpc) is 3.05. The Hall–Kier alpha value is -4.26. The minimum Gasteiger partial charge on any atom is -0.362 e. The van der Waals surface area contributed by atoms with E-state index in [4.69, 9.17) is 9.97 Å². The second-order valence-electron chi connectivity index (χ2n) is 12.3. The van der Waals surface area contributed by atoms with Gasteiger partial charge in [-0.2, -0.15) is 4.98 Å². The van der Waals surface area contributed by atoms with Gasteiger partial charge in [0.15, 0.2) is 5.78 Å². The number of para-hydroxylation sites is 1. The van der Waals surface area contributed by atoms with Gasteiger partial charge in [0, 0.05) is 49.0 Å². The third kappa shape index (κ3) is 6.56. The quantitative estimate of drug-likeness (QED) is 0.230. The Kier molecular flexibility index (Phi) is 8.68. The van der Waals surface area contributed by atoms with Crippen LogP contribution in [-0.4, -0.2) is 47.8 Å². The zero-order valence-corrected chi connectivity index (χ0v) is 25.1. The molecule has 2 aliphatic rings. The van der Waals surface area contributed by atoms with Crippen LogP contribution in [0.1, 0.15) is 66.8 Å². The summed E-state index contributed by atoms with van der Waals surface area (Å²) in [6, 6.07) is 28.3. The molecule has 3 aromatic carbocycles. The molecule has 0 aliphatic heterocycles. The van der Waals surface area contributed by atoms with Crippen molar-refractivity contribution in [3.63, 3.8) is 0 Å². The van der Waals surface area contributed by atoms with Crippen molar-refractivity contribution < 1.29 is 9.59 Å². The molecular weight excluding hydrogens is 534 g/mol. The molecule has 7 nitrogen and oxygen atoms in total. The molecule has 0 spiro atoms. The van der Waals surface area contributed by atoms with Crippen LogP contribution in [0.3, 0.4) is 0 Å². The third-order valence-corrected chi connectivity index (χ3v) is 9.27. The second-order valence-corrected chi connectivity index (χ2v) is 12.3. The van der Waals surface area contributed by atoms with Gasteiger partial charge in [0.05, 0.1) is 5.52 Å². The fourth-order valence-corrected chi connectivity index (χ4v) is 6.96. The first-order chi connectivity index (χ1) is 21.0. The second kappa shape index (κ2) is 12.9. The van der Waals surface area contributed by atoms with Crippen molar-refractivity contribution in [3.05, 3.63) is 96.1 Å². The number of benzene rings is 3. The molecule has 4 aromatic rings. The van der Waals surface area contributed by atoms with E-state index in [1.165, 1.54) is 5.56 Å². The molecule has 0 saturated heterocycles. The number of Topliss-reactive ketones (excluding diaryl/α,β-unsaturated/α-hetero) is 1. The number of nitrogens with one attached hydrogen (secondary N) is 2. The van der Waals surface area contributed by atoms with E-state index in [9.17, 15) is 9.59 Å². The lowest BCUT2D eigenvalue weighted by Gasteiger charge is -2.37. The minimum absolute atomic E-state index is 0.0276. The summed E-state index contributed by atoms with van der Waals surface area (Å²) in [5.41, 5.74) is 2.87. The fourth-order valence-electron chi connectivity index (χ4n) is 6.96. The summed E-state index contributed by atoms with van der Waals surface area (Å²) in [4.78, 5) is 39.1. The minimum atomic E-state index is -0.335. The summed E-state index contributed by atoms with van der Waals surface area (Å²) in [7, 11) is 4.00. The van der Waals surface area contributed by atoms with Crippen LogP contribution in [0.4, 0.5) is 11.8 Å². The highest BCUT2D eigenvalue weighted by atomic mass is 16.2. The van der Waals surface area contributed by atoms with Gasteiger partial charge in [-0.1, -0.05) is 72.8 Å². The van der Waals surface area contributed by atoms with E-state index in [1.807, 2.05) is 73.6 Å². The lowest BCUT2D eigenvalue weighted by molar-refractivity contribution is -0.128. The highest BCUT2D eigenvalue weighted by Crippen LogP contribution is 2.41. The number of hydrogen-bond acceptors (Lipinski definition) is 6. The molecule has 222 valence electrons. The summed E-state index contributed by atoms with van der Waals surface area (Å²) in [5.74, 6) is 1.31. The van der Waals surface area contributed by atoms with Crippen LogP contribution in [0.5, 0.6) is 0 Å². The van der Waals surface area contributed by atoms with Gasteiger partial charge in [0.2, 0.25) is 11.9 Å². The van der Waals surface area contributed by atoms with Crippen LogP contribution >= 0.6 is 0 Å². The van der Waals surface area contributed by atoms with Crippen molar-refractivity contribution >= 4 is 34.4 Å². The van der Waals surface area contributed by atoms with Gasteiger partial charge in [-0.25, -0.2) is 4.98 Å². The van der Waals surface area contributed by atoms with Crippen molar-refractivity contribution in [3.8, 4) is 0 Å². The Morgan fingerprint density at radius 3 is 2.09 bits per heavy atom. The molecular formula is C36H41N5O2. The number of amides is 1. The predicted molar refractivity (Wildman–Crippen MR) is 172 cm³/mol. The molecule has 2 aliphatic carbocycles. The molecule has 6 rings (SSSR count). The number of nitrogens with zero attached hydrogens (tertiary/aromatic N) is 3. The smallest absolute Gasteiger partial charge is 0.225 e. The summed E-state index contributed by atoms with van der Waals surface area (Å²) >= 11 is 0. The monoisotopic (exact) mass is 575 g/mol. The van der Waals surface area contributed by atoms with Crippen LogP contribution in [0.15, 0.2) is 84.9 Å². The summed E-state index contributed by atoms with van der Waals surface area (Å²) in [5, 5.41) is 7.97. The van der Waals surface area contributed by atoms with Gasteiger partial charge < -0.3 is 15.5 Å². The van der Waals surface area contributed by atoms with Gasteiger partial charge in [0.25, 0.3) is 0 Å². The van der Waals surface area contributed by atoms with E-state index in [0.717, 1.165) is 55.2 Å². The first kappa shape index (κ1) is 28.8. The van der Waals surface area contributed by atoms with Crippen molar-refractivity contribution in [2.45, 2.75) is 62.9 Å². The zero-order chi connectivity index (χ0) is 29.8. The van der Waals surface area contributed by atoms with Crippen molar-refractivity contribution in [2.75, 3.05) is 24.3 Å². The first-order valence-corrected chi connectivity index (χ1v) is 15.6. The molecule has 7 heteroatoms. The SMILES string of the molecule is CN(C)c1nc(NC2CCC(NC(=O)[C@@H]3C[C@@H](c4ccccc4)CC[C@H]3C(=O)c3ccccc3)CC2)nc2ccccc12. The number of rotatable bonds is 8. The van der Waals surface area contributed by atoms with Crippen molar-refractivity contribution in [1.29, 1.82) is 0 Å². The third-order valence-electron chi connectivity index (χ3n) is 9.27. The molecule has 43 heavy (non-hydrogen) atoms. The average molecular weight is 576 g/mol. The highest BCUT2D eigenvalue weighted by Gasteiger charge is 2.40. The van der Waals surface area contributed by atoms with Crippen molar-refractivity contribution in [1.82, 2.24) is 15.3 Å². The van der Waals surface area contributed by atoms with Crippen LogP contribution < -0.4 is 15.5 Å². The van der Waals surface area contributed by atoms with E-state index < -0.39 is 0 Å². The maximum atomic E-state index is 13.9. The van der Waals surface area contributed by atoms with E-state index >= 15 is 0 Å². The maximum Gasteiger partial charge on any atom is 0.225 e. The Labute approximate surface area is 254 Å². The van der Waals surface area contributed by atoms with Gasteiger partial charge >= 0.3 is 0 Å². The zero-order valence-electron chi connectivity index (χ0n) is 25.1. The number of carbonyl (C=O) groups excluding carboxylic acids is 2. The molecule has 2 fully saturated rings. The number of hydrogen-bond donors (Lipinski definition) is 2. The maximum absolute atomic E-state index is 13.9. The van der Waals surface area contributed by atoms with Gasteiger partial charge in [-0.3, -0.25) is 9.59 Å². The predicted octanol–water partition coefficient (Wildman–Crippen LogP) is 6.62. The molecule has 1 amide bonds. The Morgan fingerprint density at radius 1 is 0.721 bits per heavy atom. The summed E-state index contributed by atoms with van der Waals surface area (Å²) in [6.07, 6.45) is 5.93.